The molecule has 0 amide bonds. The molecule has 2 nitrogen and oxygen atoms in total. The molecule has 2 N–H and O–H groups in total. The Morgan fingerprint density at radius 1 is 1.24 bits per heavy atom. The zero-order chi connectivity index (χ0) is 12.3. The van der Waals surface area contributed by atoms with Gasteiger partial charge in [0, 0.05) is 21.9 Å². The molecule has 0 spiro atoms. The molecule has 1 aromatic carbocycles. The Kier molecular flexibility index (Phi) is 3.82. The monoisotopic (exact) mass is 247 g/mol. The van der Waals surface area contributed by atoms with E-state index in [9.17, 15) is 0 Å². The molecule has 0 aliphatic heterocycles. The quantitative estimate of drug-likeness (QED) is 0.896. The molecule has 3 heteroatoms. The van der Waals surface area contributed by atoms with Crippen molar-refractivity contribution in [1.29, 1.82) is 0 Å². The SMILES string of the molecule is CCOc1cc(-c2ccc(C)s2)ccc1CN. The smallest absolute Gasteiger partial charge is 0.124 e. The maximum atomic E-state index is 5.70. The van der Waals surface area contributed by atoms with Crippen LogP contribution in [-0.4, -0.2) is 6.61 Å². The highest BCUT2D eigenvalue weighted by molar-refractivity contribution is 7.15. The minimum Gasteiger partial charge on any atom is -0.494 e. The zero-order valence-corrected chi connectivity index (χ0v) is 11.0. The van der Waals surface area contributed by atoms with Gasteiger partial charge in [0.1, 0.15) is 5.75 Å². The van der Waals surface area contributed by atoms with E-state index < -0.39 is 0 Å². The first-order valence-electron chi connectivity index (χ1n) is 5.77. The zero-order valence-electron chi connectivity index (χ0n) is 10.2. The van der Waals surface area contributed by atoms with Gasteiger partial charge in [-0.3, -0.25) is 0 Å². The molecular weight excluding hydrogens is 230 g/mol. The van der Waals surface area contributed by atoms with Crippen LogP contribution >= 0.6 is 11.3 Å². The van der Waals surface area contributed by atoms with Gasteiger partial charge in [-0.05, 0) is 37.6 Å². The number of thiophene rings is 1. The lowest BCUT2D eigenvalue weighted by molar-refractivity contribution is 0.337. The lowest BCUT2D eigenvalue weighted by Gasteiger charge is -2.10. The summed E-state index contributed by atoms with van der Waals surface area (Å²) in [6.07, 6.45) is 0. The molecular formula is C14H17NOS. The highest BCUT2D eigenvalue weighted by Crippen LogP contribution is 2.31. The van der Waals surface area contributed by atoms with E-state index in [0.29, 0.717) is 13.2 Å². The van der Waals surface area contributed by atoms with E-state index in [1.54, 1.807) is 11.3 Å². The van der Waals surface area contributed by atoms with Crippen molar-refractivity contribution >= 4 is 11.3 Å². The number of benzene rings is 1. The summed E-state index contributed by atoms with van der Waals surface area (Å²) >= 11 is 1.79. The molecule has 0 fully saturated rings. The Hall–Kier alpha value is -1.32. The molecule has 1 heterocycles. The molecule has 0 aliphatic carbocycles. The summed E-state index contributed by atoms with van der Waals surface area (Å²) in [6.45, 7) is 5.28. The van der Waals surface area contributed by atoms with Gasteiger partial charge in [0.15, 0.2) is 0 Å². The van der Waals surface area contributed by atoms with E-state index in [2.05, 4.69) is 37.3 Å². The fraction of sp³-hybridized carbons (Fsp3) is 0.286. The molecule has 0 saturated heterocycles. The second kappa shape index (κ2) is 5.34. The molecule has 1 aromatic heterocycles. The topological polar surface area (TPSA) is 35.2 Å². The van der Waals surface area contributed by atoms with Crippen LogP contribution < -0.4 is 10.5 Å². The Balaban J connectivity index is 2.39. The molecule has 0 atom stereocenters. The van der Waals surface area contributed by atoms with Crippen molar-refractivity contribution in [3.05, 3.63) is 40.8 Å². The summed E-state index contributed by atoms with van der Waals surface area (Å²) in [6, 6.07) is 10.5. The maximum absolute atomic E-state index is 5.70. The average Bonchev–Trinajstić information content (AvgIpc) is 2.76. The highest BCUT2D eigenvalue weighted by atomic mass is 32.1. The normalized spacial score (nSPS) is 10.5. The van der Waals surface area contributed by atoms with Crippen LogP contribution in [0.15, 0.2) is 30.3 Å². The van der Waals surface area contributed by atoms with Gasteiger partial charge >= 0.3 is 0 Å². The summed E-state index contributed by atoms with van der Waals surface area (Å²) in [5.74, 6) is 0.901. The number of hydrogen-bond donors (Lipinski definition) is 1. The first-order valence-corrected chi connectivity index (χ1v) is 6.59. The van der Waals surface area contributed by atoms with Crippen molar-refractivity contribution < 1.29 is 4.74 Å². The van der Waals surface area contributed by atoms with Gasteiger partial charge < -0.3 is 10.5 Å². The van der Waals surface area contributed by atoms with Crippen LogP contribution in [0, 0.1) is 6.92 Å². The number of hydrogen-bond acceptors (Lipinski definition) is 3. The number of aryl methyl sites for hydroxylation is 1. The largest absolute Gasteiger partial charge is 0.494 e. The number of nitrogens with two attached hydrogens (primary N) is 1. The third kappa shape index (κ3) is 2.68. The molecule has 2 aromatic rings. The van der Waals surface area contributed by atoms with Crippen molar-refractivity contribution in [2.75, 3.05) is 6.61 Å². The van der Waals surface area contributed by atoms with Gasteiger partial charge in [-0.25, -0.2) is 0 Å². The second-order valence-corrected chi connectivity index (χ2v) is 5.16. The van der Waals surface area contributed by atoms with E-state index in [0.717, 1.165) is 11.3 Å². The van der Waals surface area contributed by atoms with Gasteiger partial charge in [0.25, 0.3) is 0 Å². The molecule has 17 heavy (non-hydrogen) atoms. The summed E-state index contributed by atoms with van der Waals surface area (Å²) in [5.41, 5.74) is 7.95. The van der Waals surface area contributed by atoms with Gasteiger partial charge in [-0.15, -0.1) is 11.3 Å². The van der Waals surface area contributed by atoms with Crippen LogP contribution in [0.4, 0.5) is 0 Å². The maximum Gasteiger partial charge on any atom is 0.124 e. The third-order valence-electron chi connectivity index (χ3n) is 2.61. The van der Waals surface area contributed by atoms with Crippen LogP contribution in [0.5, 0.6) is 5.75 Å². The minimum atomic E-state index is 0.513. The van der Waals surface area contributed by atoms with Crippen LogP contribution in [0.3, 0.4) is 0 Å². The highest BCUT2D eigenvalue weighted by Gasteiger charge is 2.06. The number of rotatable bonds is 4. The van der Waals surface area contributed by atoms with E-state index >= 15 is 0 Å². The summed E-state index contributed by atoms with van der Waals surface area (Å²) in [7, 11) is 0. The van der Waals surface area contributed by atoms with Gasteiger partial charge in [-0.2, -0.15) is 0 Å². The molecule has 0 unspecified atom stereocenters. The third-order valence-corrected chi connectivity index (χ3v) is 3.66. The minimum absolute atomic E-state index is 0.513. The van der Waals surface area contributed by atoms with Crippen LogP contribution in [-0.2, 0) is 6.54 Å². The summed E-state index contributed by atoms with van der Waals surface area (Å²) < 4.78 is 5.62. The van der Waals surface area contributed by atoms with Crippen molar-refractivity contribution in [2.24, 2.45) is 5.73 Å². The Bertz CT molecular complexity index is 505. The Labute approximate surface area is 106 Å². The van der Waals surface area contributed by atoms with Gasteiger partial charge in [-0.1, -0.05) is 12.1 Å². The summed E-state index contributed by atoms with van der Waals surface area (Å²) in [5, 5.41) is 0. The van der Waals surface area contributed by atoms with Crippen LogP contribution in [0.2, 0.25) is 0 Å². The average molecular weight is 247 g/mol. The fourth-order valence-corrected chi connectivity index (χ4v) is 2.62. The first-order chi connectivity index (χ1) is 8.24. The van der Waals surface area contributed by atoms with Crippen molar-refractivity contribution in [3.63, 3.8) is 0 Å². The van der Waals surface area contributed by atoms with Gasteiger partial charge in [0.05, 0.1) is 6.61 Å². The van der Waals surface area contributed by atoms with E-state index in [4.69, 9.17) is 10.5 Å². The predicted molar refractivity (Wildman–Crippen MR) is 73.6 cm³/mol. The lowest BCUT2D eigenvalue weighted by atomic mass is 10.1. The van der Waals surface area contributed by atoms with Gasteiger partial charge in [0.2, 0.25) is 0 Å². The number of ether oxygens (including phenoxy) is 1. The molecule has 90 valence electrons. The molecule has 0 bridgehead atoms. The summed E-state index contributed by atoms with van der Waals surface area (Å²) in [4.78, 5) is 2.59. The van der Waals surface area contributed by atoms with Crippen molar-refractivity contribution in [1.82, 2.24) is 0 Å². The van der Waals surface area contributed by atoms with E-state index in [1.165, 1.54) is 15.3 Å². The molecule has 0 saturated carbocycles. The standard InChI is InChI=1S/C14H17NOS/c1-3-16-13-8-11(5-6-12(13)9-15)14-7-4-10(2)17-14/h4-8H,3,9,15H2,1-2H3. The first kappa shape index (κ1) is 12.1. The second-order valence-electron chi connectivity index (χ2n) is 3.87. The van der Waals surface area contributed by atoms with Crippen LogP contribution in [0.1, 0.15) is 17.4 Å². The molecule has 0 aliphatic rings. The lowest BCUT2D eigenvalue weighted by Crippen LogP contribution is -2.02. The van der Waals surface area contributed by atoms with E-state index in [-0.39, 0.29) is 0 Å². The van der Waals surface area contributed by atoms with Crippen molar-refractivity contribution in [3.8, 4) is 16.2 Å². The molecule has 0 radical (unpaired) electrons. The predicted octanol–water partition coefficient (Wildman–Crippen LogP) is 3.58. The van der Waals surface area contributed by atoms with Crippen LogP contribution in [0.25, 0.3) is 10.4 Å². The molecule has 2 rings (SSSR count). The fourth-order valence-electron chi connectivity index (χ4n) is 1.76. The van der Waals surface area contributed by atoms with Crippen molar-refractivity contribution in [2.45, 2.75) is 20.4 Å². The Morgan fingerprint density at radius 2 is 2.06 bits per heavy atom. The Morgan fingerprint density at radius 3 is 2.65 bits per heavy atom. The van der Waals surface area contributed by atoms with E-state index in [1.807, 2.05) is 6.92 Å².